The Labute approximate surface area is 564 Å². The Balaban J connectivity index is 0.777. The number of dihydropyridines is 1. The monoisotopic (exact) mass is 1330 g/mol. The second-order valence-electron chi connectivity index (χ2n) is 33.2. The zero-order valence-electron chi connectivity index (χ0n) is 54.5. The molecule has 0 unspecified atom stereocenters. The van der Waals surface area contributed by atoms with Gasteiger partial charge in [-0.05, 0) is 238 Å². The number of aromatic hydroxyl groups is 1. The Kier molecular flexibility index (Phi) is 15.2. The summed E-state index contributed by atoms with van der Waals surface area (Å²) in [7, 11) is 2.92. The molecule has 3 aromatic rings. The highest BCUT2D eigenvalue weighted by atomic mass is 33.1. The summed E-state index contributed by atoms with van der Waals surface area (Å²) in [5.41, 5.74) is -2.48. The number of carbonyl (C=O) groups excluding carboxylic acids is 3. The highest BCUT2D eigenvalue weighted by Crippen LogP contribution is 2.82. The van der Waals surface area contributed by atoms with E-state index < -0.39 is 86.8 Å². The van der Waals surface area contributed by atoms with E-state index in [4.69, 9.17) is 9.47 Å². The highest BCUT2D eigenvalue weighted by Gasteiger charge is 2.80. The van der Waals surface area contributed by atoms with Gasteiger partial charge in [-0.2, -0.15) is 0 Å². The molecule has 10 bridgehead atoms. The molecule has 17 heteroatoms. The maximum atomic E-state index is 16.7. The van der Waals surface area contributed by atoms with Crippen molar-refractivity contribution in [2.75, 3.05) is 19.0 Å². The number of carbonyl (C=O) groups is 3. The smallest absolute Gasteiger partial charge is 0.229 e. The van der Waals surface area contributed by atoms with Gasteiger partial charge in [-0.3, -0.25) is 9.59 Å². The van der Waals surface area contributed by atoms with Gasteiger partial charge in [-0.1, -0.05) is 108 Å². The van der Waals surface area contributed by atoms with E-state index in [-0.39, 0.29) is 82.0 Å². The van der Waals surface area contributed by atoms with Gasteiger partial charge in [0.1, 0.15) is 52.4 Å². The van der Waals surface area contributed by atoms with Crippen molar-refractivity contribution >= 4 is 39.4 Å². The number of Topliss-reactive ketones (excluding diaryl/α,β-unsaturated/α-hetero) is 2. The van der Waals surface area contributed by atoms with Gasteiger partial charge in [0.25, 0.3) is 0 Å². The second-order valence-corrected chi connectivity index (χ2v) is 35.8. The Bertz CT molecular complexity index is 3780. The lowest BCUT2D eigenvalue weighted by molar-refractivity contribution is -0.392. The molecule has 18 rings (SSSR count). The third kappa shape index (κ3) is 9.32. The Morgan fingerprint density at radius 3 is 2.35 bits per heavy atom. The van der Waals surface area contributed by atoms with Gasteiger partial charge in [0.05, 0.1) is 42.0 Å². The van der Waals surface area contributed by atoms with Crippen LogP contribution in [-0.4, -0.2) is 118 Å². The molecule has 0 radical (unpaired) electrons. The number of ketones is 2. The van der Waals surface area contributed by atoms with Crippen molar-refractivity contribution in [3.8, 4) is 11.5 Å². The Morgan fingerprint density at radius 2 is 1.55 bits per heavy atom. The fourth-order valence-electron chi connectivity index (χ4n) is 25.4. The van der Waals surface area contributed by atoms with Crippen molar-refractivity contribution in [1.82, 2.24) is 10.6 Å². The molecule has 1 saturated heterocycles. The lowest BCUT2D eigenvalue weighted by Gasteiger charge is -2.65. The van der Waals surface area contributed by atoms with E-state index in [1.54, 1.807) is 30.3 Å². The number of aldehydes is 1. The highest BCUT2D eigenvalue weighted by molar-refractivity contribution is 8.76. The van der Waals surface area contributed by atoms with Crippen LogP contribution in [0.2, 0.25) is 0 Å². The molecule has 15 aliphatic rings. The number of benzene rings is 3. The average Bonchev–Trinajstić information content (AvgIpc) is 1.56. The summed E-state index contributed by atoms with van der Waals surface area (Å²) in [6.45, 7) is -0.366. The van der Waals surface area contributed by atoms with Crippen molar-refractivity contribution in [1.29, 1.82) is 0 Å². The van der Waals surface area contributed by atoms with Crippen LogP contribution in [0.15, 0.2) is 113 Å². The standard InChI is InChI=1S/C78H94N2O13S2/c81-38-47-11-6-9-45(23-47)24-48-27-58-64(86)55-13-8-14-59-63(55)66(87)77(58,60(85)28-48)61(15-20-74(90)18-2-1-3-19-74)95-94-44-80-62-31-57-56(37-79-62)50-29-51-34-75(43-83)69(89)78(91,67(88)68(92-59)93-75)65(51)76(57)42-71(36-52(76)30-50)40-70(35-53(71)39-82)21-22-73(41-70)33-49(32-72(73)16-4-5-17-72)25-46-10-7-12-54(84)26-46/h6-14,23,26-28,31,39,49-53,58,61,65,67-69,79-81,83-85,88-91H,1-5,15-22,24-25,29-30,32-38,40-44H2/t49-,50-,51-,52+,53+,58-,61+,65+,67+,68-,69-,70-,71+,73-,75-,76+,77+,78-/m1/s1. The molecule has 3 aliphatic heterocycles. The van der Waals surface area contributed by atoms with Crippen LogP contribution in [0.5, 0.6) is 11.5 Å². The quantitative estimate of drug-likeness (QED) is 0.0669. The molecule has 8 saturated carbocycles. The zero-order chi connectivity index (χ0) is 65.3. The first kappa shape index (κ1) is 63.5. The van der Waals surface area contributed by atoms with Gasteiger partial charge in [0.2, 0.25) is 6.29 Å². The molecule has 15 nitrogen and oxygen atoms in total. The van der Waals surface area contributed by atoms with E-state index in [0.29, 0.717) is 73.8 Å². The van der Waals surface area contributed by atoms with Gasteiger partial charge < -0.3 is 65.8 Å². The predicted molar refractivity (Wildman–Crippen MR) is 360 cm³/mol. The van der Waals surface area contributed by atoms with Crippen LogP contribution in [-0.2, 0) is 29.0 Å². The number of allylic oxidation sites excluding steroid dienone is 6. The van der Waals surface area contributed by atoms with Crippen molar-refractivity contribution in [2.24, 2.45) is 73.9 Å². The largest absolute Gasteiger partial charge is 0.511 e. The molecule has 95 heavy (non-hydrogen) atoms. The zero-order valence-corrected chi connectivity index (χ0v) is 56.1. The minimum Gasteiger partial charge on any atom is -0.511 e. The van der Waals surface area contributed by atoms with Gasteiger partial charge in [-0.25, -0.2) is 0 Å². The number of hydrogen-bond acceptors (Lipinski definition) is 17. The van der Waals surface area contributed by atoms with Crippen molar-refractivity contribution < 1.29 is 64.7 Å². The van der Waals surface area contributed by atoms with Crippen LogP contribution < -0.4 is 15.4 Å². The van der Waals surface area contributed by atoms with Crippen LogP contribution >= 0.6 is 21.6 Å². The fourth-order valence-corrected chi connectivity index (χ4v) is 28.2. The van der Waals surface area contributed by atoms with Gasteiger partial charge in [0.15, 0.2) is 11.6 Å². The number of aliphatic hydroxyl groups excluding tert-OH is 5. The van der Waals surface area contributed by atoms with Crippen molar-refractivity contribution in [3.05, 3.63) is 141 Å². The third-order valence-corrected chi connectivity index (χ3v) is 31.3. The molecular weight excluding hydrogens is 1240 g/mol. The normalized spacial score (nSPS) is 42.3. The molecular formula is C78H94N2O13S2. The summed E-state index contributed by atoms with van der Waals surface area (Å²) in [5, 5.41) is 106. The van der Waals surface area contributed by atoms with Crippen molar-refractivity contribution in [3.63, 3.8) is 0 Å². The van der Waals surface area contributed by atoms with Crippen LogP contribution in [0.3, 0.4) is 0 Å². The number of rotatable bonds is 10. The number of fused-ring (bicyclic) bond motifs is 3. The molecule has 0 aromatic heterocycles. The van der Waals surface area contributed by atoms with Gasteiger partial charge >= 0.3 is 0 Å². The van der Waals surface area contributed by atoms with Gasteiger partial charge in [-0.15, -0.1) is 0 Å². The van der Waals surface area contributed by atoms with E-state index in [2.05, 4.69) is 22.8 Å². The average molecular weight is 1330 g/mol. The van der Waals surface area contributed by atoms with Crippen LogP contribution in [0.1, 0.15) is 185 Å². The summed E-state index contributed by atoms with van der Waals surface area (Å²) in [4.78, 5) is 47.0. The topological polar surface area (TPSA) is 256 Å². The number of aliphatic hydroxyl groups is 7. The Morgan fingerprint density at radius 1 is 0.768 bits per heavy atom. The van der Waals surface area contributed by atoms with E-state index in [1.807, 2.05) is 42.5 Å². The van der Waals surface area contributed by atoms with Crippen LogP contribution in [0, 0.1) is 73.9 Å². The second kappa shape index (κ2) is 22.8. The molecule has 9 fully saturated rings. The summed E-state index contributed by atoms with van der Waals surface area (Å²) < 4.78 is 13.9. The molecule has 10 N–H and O–H groups in total. The molecule has 3 aromatic carbocycles. The van der Waals surface area contributed by atoms with E-state index in [0.717, 1.165) is 94.0 Å². The summed E-state index contributed by atoms with van der Waals surface area (Å²) in [6, 6.07) is 20.0. The minimum absolute atomic E-state index is 0.0444. The summed E-state index contributed by atoms with van der Waals surface area (Å²) in [5.74, 6) is -2.10. The fraction of sp³-hybridized carbons (Fsp3) is 0.628. The Hall–Kier alpha value is -4.95. The molecule has 18 atom stereocenters. The molecule has 0 amide bonds. The first-order valence-electron chi connectivity index (χ1n) is 36.0. The van der Waals surface area contributed by atoms with E-state index in [1.165, 1.54) is 71.1 Å². The summed E-state index contributed by atoms with van der Waals surface area (Å²) in [6.07, 6.45) is 22.4. The third-order valence-electron chi connectivity index (χ3n) is 28.6. The molecule has 506 valence electrons. The molecule has 12 aliphatic carbocycles. The summed E-state index contributed by atoms with van der Waals surface area (Å²) >= 11 is 0. The first-order chi connectivity index (χ1) is 45.8. The lowest BCUT2D eigenvalue weighted by atomic mass is 9.46. The van der Waals surface area contributed by atoms with Gasteiger partial charge in [0, 0.05) is 34.6 Å². The van der Waals surface area contributed by atoms with E-state index >= 15 is 9.59 Å². The van der Waals surface area contributed by atoms with Crippen LogP contribution in [0.4, 0.5) is 0 Å². The van der Waals surface area contributed by atoms with Crippen molar-refractivity contribution in [2.45, 2.75) is 208 Å². The first-order valence-corrected chi connectivity index (χ1v) is 38.4. The number of phenolic OH excluding ortho intramolecular Hbond substituents is 1. The SMILES string of the molecule is O=C[C@@H]1C[C@]2(CC[C@@]3(C[C@H](Cc4cccc(O)c4)CC34CCCC4)C2)C[C@]12C[C@@H]1C[C@H]3C[C@@H]4C[C@]5(CO)O[C@H]6Oc7cccc8c7C(=O)[C@@]7(C(O)=CC(Cc9cccc(CO)c9)=C[C@@H]7C8=O)[C@H](CCC7(O)CCCCC7)SSCNC7=CC(=C3CN7)[C@@]1(C2)[C@H]4[C@](O)([C@@H]5O)[C@H]6O. The number of ether oxygens (including phenoxy) is 2. The predicted octanol–water partition coefficient (Wildman–Crippen LogP) is 11.4. The maximum absolute atomic E-state index is 16.7. The maximum Gasteiger partial charge on any atom is 0.229 e. The number of nitrogens with one attached hydrogen (secondary N) is 2. The number of hydrogen-bond donors (Lipinski definition) is 10. The molecule has 6 spiro atoms. The molecule has 3 heterocycles. The van der Waals surface area contributed by atoms with E-state index in [9.17, 15) is 45.6 Å². The number of phenols is 1. The van der Waals surface area contributed by atoms with Crippen LogP contribution in [0.25, 0.3) is 0 Å². The lowest BCUT2D eigenvalue weighted by Crippen LogP contribution is -2.81. The minimum atomic E-state index is -2.39.